The predicted molar refractivity (Wildman–Crippen MR) is 81.3 cm³/mol. The first-order valence-electron chi connectivity index (χ1n) is 6.33. The lowest BCUT2D eigenvalue weighted by molar-refractivity contribution is 0.559. The van der Waals surface area contributed by atoms with Crippen molar-refractivity contribution in [2.24, 2.45) is 0 Å². The zero-order chi connectivity index (χ0) is 13.3. The number of nitriles is 1. The van der Waals surface area contributed by atoms with Gasteiger partial charge in [-0.15, -0.1) is 0 Å². The molecule has 4 heteroatoms. The molecule has 0 aromatic carbocycles. The fraction of sp³-hybridized carbons (Fsp3) is 0.846. The maximum atomic E-state index is 9.41. The zero-order valence-corrected chi connectivity index (χ0v) is 13.1. The third kappa shape index (κ3) is 6.28. The minimum atomic E-state index is -0.324. The minimum absolute atomic E-state index is 0.324. The summed E-state index contributed by atoms with van der Waals surface area (Å²) in [6, 6.07) is 2.48. The van der Waals surface area contributed by atoms with Gasteiger partial charge in [0.2, 0.25) is 0 Å². The third-order valence-electron chi connectivity index (χ3n) is 2.86. The standard InChI is InChI=1S/C13H24N2S2/c1-5-7-8-9-10-13(6-2,11-14)17-12(16)15(3)4/h5-10H2,1-4H3. The molecular weight excluding hydrogens is 248 g/mol. The quantitative estimate of drug-likeness (QED) is 0.512. The maximum Gasteiger partial charge on any atom is 0.137 e. The predicted octanol–water partition coefficient (Wildman–Crippen LogP) is 4.21. The van der Waals surface area contributed by atoms with Gasteiger partial charge in [0.15, 0.2) is 0 Å². The topological polar surface area (TPSA) is 27.0 Å². The van der Waals surface area contributed by atoms with Crippen molar-refractivity contribution in [1.29, 1.82) is 5.26 Å². The van der Waals surface area contributed by atoms with Crippen LogP contribution >= 0.6 is 24.0 Å². The average Bonchev–Trinajstić information content (AvgIpc) is 2.33. The first kappa shape index (κ1) is 16.7. The van der Waals surface area contributed by atoms with Crippen molar-refractivity contribution in [1.82, 2.24) is 4.90 Å². The Kier molecular flexibility index (Phi) is 8.63. The minimum Gasteiger partial charge on any atom is -0.364 e. The van der Waals surface area contributed by atoms with Crippen LogP contribution in [0.2, 0.25) is 0 Å². The molecular formula is C13H24N2S2. The lowest BCUT2D eigenvalue weighted by atomic mass is 9.99. The molecule has 1 unspecified atom stereocenters. The molecule has 0 aliphatic carbocycles. The Balaban J connectivity index is 4.36. The normalized spacial score (nSPS) is 13.8. The van der Waals surface area contributed by atoms with Crippen molar-refractivity contribution >= 4 is 28.3 Å². The van der Waals surface area contributed by atoms with E-state index in [9.17, 15) is 5.26 Å². The van der Waals surface area contributed by atoms with E-state index in [2.05, 4.69) is 19.9 Å². The Bertz CT molecular complexity index is 271. The molecule has 0 spiro atoms. The van der Waals surface area contributed by atoms with Crippen LogP contribution in [0.1, 0.15) is 52.4 Å². The van der Waals surface area contributed by atoms with E-state index < -0.39 is 0 Å². The fourth-order valence-electron chi connectivity index (χ4n) is 1.55. The summed E-state index contributed by atoms with van der Waals surface area (Å²) >= 11 is 6.85. The molecule has 0 N–H and O–H groups in total. The van der Waals surface area contributed by atoms with E-state index in [1.165, 1.54) is 19.3 Å². The van der Waals surface area contributed by atoms with E-state index in [-0.39, 0.29) is 4.75 Å². The lowest BCUT2D eigenvalue weighted by Gasteiger charge is -2.26. The van der Waals surface area contributed by atoms with Crippen molar-refractivity contribution < 1.29 is 0 Å². The Hall–Kier alpha value is -0.270. The van der Waals surface area contributed by atoms with E-state index in [0.29, 0.717) is 0 Å². The average molecular weight is 272 g/mol. The molecule has 0 aliphatic heterocycles. The Morgan fingerprint density at radius 2 is 1.94 bits per heavy atom. The Morgan fingerprint density at radius 1 is 1.29 bits per heavy atom. The molecule has 0 bridgehead atoms. The van der Waals surface area contributed by atoms with Crippen LogP contribution in [0.3, 0.4) is 0 Å². The van der Waals surface area contributed by atoms with Crippen LogP contribution in [-0.4, -0.2) is 28.1 Å². The van der Waals surface area contributed by atoms with Gasteiger partial charge in [0, 0.05) is 14.1 Å². The largest absolute Gasteiger partial charge is 0.364 e. The van der Waals surface area contributed by atoms with Gasteiger partial charge < -0.3 is 4.90 Å². The van der Waals surface area contributed by atoms with E-state index in [0.717, 1.165) is 23.6 Å². The molecule has 0 heterocycles. The summed E-state index contributed by atoms with van der Waals surface area (Å²) in [6.45, 7) is 4.28. The number of rotatable bonds is 7. The molecule has 0 saturated heterocycles. The van der Waals surface area contributed by atoms with Crippen molar-refractivity contribution in [3.8, 4) is 6.07 Å². The molecule has 0 radical (unpaired) electrons. The van der Waals surface area contributed by atoms with Gasteiger partial charge in [-0.1, -0.05) is 63.5 Å². The van der Waals surface area contributed by atoms with E-state index >= 15 is 0 Å². The van der Waals surface area contributed by atoms with Gasteiger partial charge in [0.25, 0.3) is 0 Å². The van der Waals surface area contributed by atoms with Gasteiger partial charge >= 0.3 is 0 Å². The van der Waals surface area contributed by atoms with Gasteiger partial charge in [-0.3, -0.25) is 0 Å². The van der Waals surface area contributed by atoms with Gasteiger partial charge in [-0.2, -0.15) is 5.26 Å². The van der Waals surface area contributed by atoms with E-state index in [4.69, 9.17) is 12.2 Å². The summed E-state index contributed by atoms with van der Waals surface area (Å²) in [4.78, 5) is 1.91. The second-order valence-corrected chi connectivity index (χ2v) is 6.55. The second-order valence-electron chi connectivity index (χ2n) is 4.53. The summed E-state index contributed by atoms with van der Waals surface area (Å²) in [6.07, 6.45) is 6.63. The number of thiocarbonyl (C=S) groups is 1. The van der Waals surface area contributed by atoms with Crippen LogP contribution in [-0.2, 0) is 0 Å². The fourth-order valence-corrected chi connectivity index (χ4v) is 2.99. The zero-order valence-electron chi connectivity index (χ0n) is 11.5. The summed E-state index contributed by atoms with van der Waals surface area (Å²) in [7, 11) is 3.87. The number of hydrogen-bond acceptors (Lipinski definition) is 3. The second kappa shape index (κ2) is 8.77. The highest BCUT2D eigenvalue weighted by atomic mass is 32.2. The summed E-state index contributed by atoms with van der Waals surface area (Å²) in [5.41, 5.74) is 0. The van der Waals surface area contributed by atoms with Gasteiger partial charge in [0.05, 0.1) is 6.07 Å². The van der Waals surface area contributed by atoms with Crippen LogP contribution in [0.25, 0.3) is 0 Å². The first-order valence-corrected chi connectivity index (χ1v) is 7.55. The number of nitrogens with zero attached hydrogens (tertiary/aromatic N) is 2. The molecule has 0 saturated carbocycles. The SMILES string of the molecule is CCCCCCC(C#N)(CC)SC(=S)N(C)C. The molecule has 0 aromatic heterocycles. The van der Waals surface area contributed by atoms with Crippen molar-refractivity contribution in [2.45, 2.75) is 57.1 Å². The first-order chi connectivity index (χ1) is 8.01. The monoisotopic (exact) mass is 272 g/mol. The molecule has 0 aliphatic rings. The summed E-state index contributed by atoms with van der Waals surface area (Å²) in [5, 5.41) is 9.41. The number of hydrogen-bond donors (Lipinski definition) is 0. The van der Waals surface area contributed by atoms with Crippen molar-refractivity contribution in [3.63, 3.8) is 0 Å². The molecule has 2 nitrogen and oxygen atoms in total. The maximum absolute atomic E-state index is 9.41. The van der Waals surface area contributed by atoms with Gasteiger partial charge in [-0.25, -0.2) is 0 Å². The highest BCUT2D eigenvalue weighted by molar-refractivity contribution is 8.23. The Morgan fingerprint density at radius 3 is 2.35 bits per heavy atom. The molecule has 0 aromatic rings. The highest BCUT2D eigenvalue weighted by Gasteiger charge is 2.30. The van der Waals surface area contributed by atoms with Crippen LogP contribution in [0.4, 0.5) is 0 Å². The number of thioether (sulfide) groups is 1. The highest BCUT2D eigenvalue weighted by Crippen LogP contribution is 2.35. The van der Waals surface area contributed by atoms with Crippen LogP contribution in [0.15, 0.2) is 0 Å². The van der Waals surface area contributed by atoms with Crippen LogP contribution in [0.5, 0.6) is 0 Å². The lowest BCUT2D eigenvalue weighted by Crippen LogP contribution is -2.28. The summed E-state index contributed by atoms with van der Waals surface area (Å²) < 4.78 is 0.485. The molecule has 17 heavy (non-hydrogen) atoms. The van der Waals surface area contributed by atoms with Crippen molar-refractivity contribution in [3.05, 3.63) is 0 Å². The van der Waals surface area contributed by atoms with Gasteiger partial charge in [0.1, 0.15) is 9.07 Å². The van der Waals surface area contributed by atoms with Crippen molar-refractivity contribution in [2.75, 3.05) is 14.1 Å². The molecule has 0 amide bonds. The summed E-state index contributed by atoms with van der Waals surface area (Å²) in [5.74, 6) is 0. The molecule has 98 valence electrons. The smallest absolute Gasteiger partial charge is 0.137 e. The van der Waals surface area contributed by atoms with Crippen LogP contribution in [0, 0.1) is 11.3 Å². The molecule has 0 fully saturated rings. The Labute approximate surface area is 116 Å². The third-order valence-corrected chi connectivity index (χ3v) is 4.99. The van der Waals surface area contributed by atoms with Gasteiger partial charge in [-0.05, 0) is 12.8 Å². The molecule has 0 rings (SSSR count). The number of unbranched alkanes of at least 4 members (excludes halogenated alkanes) is 3. The van der Waals surface area contributed by atoms with E-state index in [1.54, 1.807) is 11.8 Å². The van der Waals surface area contributed by atoms with Crippen LogP contribution < -0.4 is 0 Å². The van der Waals surface area contributed by atoms with E-state index in [1.807, 2.05) is 19.0 Å². The molecule has 1 atom stereocenters.